The zero-order valence-corrected chi connectivity index (χ0v) is 7.05. The lowest BCUT2D eigenvalue weighted by Gasteiger charge is -1.92. The Labute approximate surface area is 73.6 Å². The molecule has 0 aromatic carbocycles. The van der Waals surface area contributed by atoms with E-state index in [4.69, 9.17) is 11.6 Å². The fourth-order valence-corrected chi connectivity index (χ4v) is 1.32. The van der Waals surface area contributed by atoms with Crippen molar-refractivity contribution < 1.29 is 0 Å². The van der Waals surface area contributed by atoms with Gasteiger partial charge < -0.3 is 0 Å². The van der Waals surface area contributed by atoms with Gasteiger partial charge in [-0.2, -0.15) is 0 Å². The molecule has 2 heterocycles. The quantitative estimate of drug-likeness (QED) is 0.501. The SMILES string of the molecule is Sn1ccc2c(Cl)ncnc21. The van der Waals surface area contributed by atoms with Gasteiger partial charge in [0.25, 0.3) is 0 Å². The standard InChI is InChI=1S/C6H4ClN3S/c7-5-4-1-2-10(11)6(4)9-3-8-5/h1-3,11H. The Bertz CT molecular complexity index is 398. The second-order valence-corrected chi connectivity index (χ2v) is 2.85. The molecule has 0 aliphatic heterocycles. The molecule has 5 heteroatoms. The van der Waals surface area contributed by atoms with Gasteiger partial charge in [0.15, 0.2) is 5.65 Å². The lowest BCUT2D eigenvalue weighted by molar-refractivity contribution is 1.18. The predicted molar refractivity (Wildman–Crippen MR) is 46.9 cm³/mol. The lowest BCUT2D eigenvalue weighted by Crippen LogP contribution is -1.83. The molecule has 0 aliphatic carbocycles. The average Bonchev–Trinajstić information content (AvgIpc) is 2.35. The molecule has 3 nitrogen and oxygen atoms in total. The molecular weight excluding hydrogens is 182 g/mol. The number of rotatable bonds is 0. The highest BCUT2D eigenvalue weighted by atomic mass is 35.5. The molecule has 0 amide bonds. The van der Waals surface area contributed by atoms with Crippen LogP contribution in [-0.4, -0.2) is 13.9 Å². The fraction of sp³-hybridized carbons (Fsp3) is 0. The van der Waals surface area contributed by atoms with Crippen molar-refractivity contribution in [3.8, 4) is 0 Å². The van der Waals surface area contributed by atoms with Crippen LogP contribution < -0.4 is 0 Å². The van der Waals surface area contributed by atoms with Crippen LogP contribution >= 0.6 is 24.4 Å². The molecule has 2 rings (SSSR count). The van der Waals surface area contributed by atoms with Crippen LogP contribution in [0.5, 0.6) is 0 Å². The van der Waals surface area contributed by atoms with Gasteiger partial charge in [-0.3, -0.25) is 3.97 Å². The maximum atomic E-state index is 5.77. The van der Waals surface area contributed by atoms with Crippen molar-refractivity contribution in [3.63, 3.8) is 0 Å². The van der Waals surface area contributed by atoms with Crippen LogP contribution in [0.15, 0.2) is 18.6 Å². The van der Waals surface area contributed by atoms with E-state index in [1.807, 2.05) is 6.07 Å². The minimum atomic E-state index is 0.461. The van der Waals surface area contributed by atoms with Crippen LogP contribution in [0.25, 0.3) is 11.0 Å². The summed E-state index contributed by atoms with van der Waals surface area (Å²) < 4.78 is 1.60. The smallest absolute Gasteiger partial charge is 0.154 e. The van der Waals surface area contributed by atoms with Gasteiger partial charge in [0, 0.05) is 6.20 Å². The highest BCUT2D eigenvalue weighted by Crippen LogP contribution is 2.19. The molecule has 0 unspecified atom stereocenters. The van der Waals surface area contributed by atoms with E-state index in [1.54, 1.807) is 10.2 Å². The van der Waals surface area contributed by atoms with E-state index in [9.17, 15) is 0 Å². The summed E-state index contributed by atoms with van der Waals surface area (Å²) in [5.74, 6) is 0. The van der Waals surface area contributed by atoms with Crippen LogP contribution in [0.3, 0.4) is 0 Å². The Morgan fingerprint density at radius 2 is 2.27 bits per heavy atom. The van der Waals surface area contributed by atoms with E-state index in [0.717, 1.165) is 11.0 Å². The molecule has 0 bridgehead atoms. The summed E-state index contributed by atoms with van der Waals surface area (Å²) in [6, 6.07) is 1.82. The van der Waals surface area contributed by atoms with Crippen LogP contribution in [-0.2, 0) is 0 Å². The third-order valence-electron chi connectivity index (χ3n) is 1.41. The molecule has 0 spiro atoms. The summed E-state index contributed by atoms with van der Waals surface area (Å²) in [6.07, 6.45) is 3.19. The van der Waals surface area contributed by atoms with Gasteiger partial charge in [-0.15, -0.1) is 0 Å². The van der Waals surface area contributed by atoms with Gasteiger partial charge in [-0.05, 0) is 6.07 Å². The number of hydrogen-bond donors (Lipinski definition) is 1. The Morgan fingerprint density at radius 1 is 1.45 bits per heavy atom. The zero-order valence-electron chi connectivity index (χ0n) is 5.40. The van der Waals surface area contributed by atoms with Crippen molar-refractivity contribution in [1.29, 1.82) is 0 Å². The first kappa shape index (κ1) is 6.94. The first-order valence-electron chi connectivity index (χ1n) is 2.96. The average molecular weight is 186 g/mol. The predicted octanol–water partition coefficient (Wildman–Crippen LogP) is 1.78. The van der Waals surface area contributed by atoms with E-state index in [2.05, 4.69) is 22.8 Å². The molecule has 0 atom stereocenters. The van der Waals surface area contributed by atoms with Gasteiger partial charge in [0.1, 0.15) is 11.5 Å². The number of halogens is 1. The molecule has 0 fully saturated rings. The topological polar surface area (TPSA) is 30.7 Å². The summed E-state index contributed by atoms with van der Waals surface area (Å²) in [6.45, 7) is 0. The summed E-state index contributed by atoms with van der Waals surface area (Å²) in [7, 11) is 0. The van der Waals surface area contributed by atoms with Gasteiger partial charge in [0.2, 0.25) is 0 Å². The Morgan fingerprint density at radius 3 is 3.00 bits per heavy atom. The Balaban J connectivity index is 2.94. The van der Waals surface area contributed by atoms with Gasteiger partial charge in [-0.1, -0.05) is 24.4 Å². The maximum absolute atomic E-state index is 5.77. The fourth-order valence-electron chi connectivity index (χ4n) is 0.907. The summed E-state index contributed by atoms with van der Waals surface area (Å²) in [5, 5.41) is 1.28. The van der Waals surface area contributed by atoms with E-state index in [-0.39, 0.29) is 0 Å². The molecule has 56 valence electrons. The molecule has 2 aromatic heterocycles. The molecule has 0 N–H and O–H groups in total. The normalized spacial score (nSPS) is 10.7. The van der Waals surface area contributed by atoms with Crippen molar-refractivity contribution in [2.45, 2.75) is 0 Å². The van der Waals surface area contributed by atoms with Crippen LogP contribution in [0, 0.1) is 0 Å². The molecular formula is C6H4ClN3S. The maximum Gasteiger partial charge on any atom is 0.154 e. The first-order valence-corrected chi connectivity index (χ1v) is 3.73. The summed E-state index contributed by atoms with van der Waals surface area (Å²) >= 11 is 9.89. The second-order valence-electron chi connectivity index (χ2n) is 2.06. The van der Waals surface area contributed by atoms with Crippen LogP contribution in [0.2, 0.25) is 5.15 Å². The summed E-state index contributed by atoms with van der Waals surface area (Å²) in [4.78, 5) is 7.82. The number of hydrogen-bond acceptors (Lipinski definition) is 3. The molecule has 0 saturated heterocycles. The van der Waals surface area contributed by atoms with Crippen molar-refractivity contribution in [1.82, 2.24) is 13.9 Å². The van der Waals surface area contributed by atoms with Crippen molar-refractivity contribution in [2.75, 3.05) is 0 Å². The van der Waals surface area contributed by atoms with Gasteiger partial charge in [-0.25, -0.2) is 9.97 Å². The van der Waals surface area contributed by atoms with E-state index in [0.29, 0.717) is 5.15 Å². The zero-order chi connectivity index (χ0) is 7.84. The largest absolute Gasteiger partial charge is 0.278 e. The van der Waals surface area contributed by atoms with Crippen molar-refractivity contribution in [3.05, 3.63) is 23.7 Å². The minimum absolute atomic E-state index is 0.461. The van der Waals surface area contributed by atoms with Crippen molar-refractivity contribution >= 4 is 35.4 Å². The van der Waals surface area contributed by atoms with Gasteiger partial charge in [0.05, 0.1) is 5.39 Å². The number of aromatic nitrogens is 3. The molecule has 0 aliphatic rings. The van der Waals surface area contributed by atoms with Gasteiger partial charge >= 0.3 is 0 Å². The monoisotopic (exact) mass is 185 g/mol. The van der Waals surface area contributed by atoms with E-state index in [1.165, 1.54) is 6.33 Å². The third kappa shape index (κ3) is 0.985. The van der Waals surface area contributed by atoms with E-state index < -0.39 is 0 Å². The third-order valence-corrected chi connectivity index (χ3v) is 2.04. The molecule has 11 heavy (non-hydrogen) atoms. The van der Waals surface area contributed by atoms with E-state index >= 15 is 0 Å². The highest BCUT2D eigenvalue weighted by molar-refractivity contribution is 7.78. The van der Waals surface area contributed by atoms with Crippen LogP contribution in [0.1, 0.15) is 0 Å². The minimum Gasteiger partial charge on any atom is -0.278 e. The number of nitrogens with zero attached hydrogens (tertiary/aromatic N) is 3. The highest BCUT2D eigenvalue weighted by Gasteiger charge is 2.02. The Hall–Kier alpha value is -0.740. The first-order chi connectivity index (χ1) is 5.29. The second kappa shape index (κ2) is 2.39. The molecule has 0 radical (unpaired) electrons. The lowest BCUT2D eigenvalue weighted by atomic mass is 10.4. The summed E-state index contributed by atoms with van der Waals surface area (Å²) in [5.41, 5.74) is 0.730. The number of fused-ring (bicyclic) bond motifs is 1. The van der Waals surface area contributed by atoms with Crippen LogP contribution in [0.4, 0.5) is 0 Å². The number of thiol groups is 1. The molecule has 2 aromatic rings. The van der Waals surface area contributed by atoms with Crippen molar-refractivity contribution in [2.24, 2.45) is 0 Å². The molecule has 0 saturated carbocycles. The Kier molecular flexibility index (Phi) is 1.51.